The van der Waals surface area contributed by atoms with E-state index in [-0.39, 0.29) is 16.0 Å². The van der Waals surface area contributed by atoms with Crippen molar-refractivity contribution in [3.8, 4) is 34.5 Å². The van der Waals surface area contributed by atoms with Crippen LogP contribution in [-0.2, 0) is 4.79 Å². The molecule has 1 heterocycles. The van der Waals surface area contributed by atoms with Gasteiger partial charge in [-0.15, -0.1) is 10.2 Å². The summed E-state index contributed by atoms with van der Waals surface area (Å²) in [4.78, 5) is 11.9. The summed E-state index contributed by atoms with van der Waals surface area (Å²) in [6.07, 6.45) is 1.48. The number of rotatable bonds is 10. The summed E-state index contributed by atoms with van der Waals surface area (Å²) in [7, 11) is 4.60. The Kier molecular flexibility index (Phi) is 8.23. The molecule has 0 radical (unpaired) electrons. The summed E-state index contributed by atoms with van der Waals surface area (Å²) in [5, 5.41) is 17.8. The molecule has 174 valence electrons. The van der Waals surface area contributed by atoms with E-state index < -0.39 is 5.97 Å². The van der Waals surface area contributed by atoms with Gasteiger partial charge in [0.2, 0.25) is 5.89 Å². The van der Waals surface area contributed by atoms with E-state index in [0.717, 1.165) is 11.8 Å². The summed E-state index contributed by atoms with van der Waals surface area (Å²) < 4.78 is 27.8. The zero-order valence-electron chi connectivity index (χ0n) is 18.2. The van der Waals surface area contributed by atoms with Crippen LogP contribution in [0.1, 0.15) is 12.5 Å². The molecule has 0 aliphatic carbocycles. The molecule has 11 heteroatoms. The number of aromatic nitrogens is 2. The Morgan fingerprint density at radius 3 is 2.36 bits per heavy atom. The number of aliphatic carboxylic acids is 1. The summed E-state index contributed by atoms with van der Waals surface area (Å²) in [6, 6.07) is 8.56. The van der Waals surface area contributed by atoms with Gasteiger partial charge in [-0.05, 0) is 70.5 Å². The van der Waals surface area contributed by atoms with Crippen molar-refractivity contribution in [3.05, 3.63) is 45.3 Å². The Morgan fingerprint density at radius 2 is 1.79 bits per heavy atom. The lowest BCUT2D eigenvalue weighted by Crippen LogP contribution is -1.99. The second kappa shape index (κ2) is 11.1. The predicted octanol–water partition coefficient (Wildman–Crippen LogP) is 5.14. The van der Waals surface area contributed by atoms with Gasteiger partial charge in [-0.25, -0.2) is 4.79 Å². The molecule has 3 aromatic rings. The van der Waals surface area contributed by atoms with Crippen LogP contribution in [0.3, 0.4) is 0 Å². The van der Waals surface area contributed by atoms with Crippen LogP contribution in [-0.4, -0.2) is 49.2 Å². The average molecular weight is 537 g/mol. The fourth-order valence-corrected chi connectivity index (χ4v) is 4.11. The van der Waals surface area contributed by atoms with Gasteiger partial charge in [0.05, 0.1) is 32.4 Å². The lowest BCUT2D eigenvalue weighted by molar-refractivity contribution is -0.131. The second-order valence-electron chi connectivity index (χ2n) is 6.36. The average Bonchev–Trinajstić information content (AvgIpc) is 3.27. The van der Waals surface area contributed by atoms with E-state index in [1.807, 2.05) is 6.92 Å². The number of carboxylic acid groups (broad SMARTS) is 1. The topological polar surface area (TPSA) is 113 Å². The van der Waals surface area contributed by atoms with Gasteiger partial charge >= 0.3 is 5.97 Å². The molecular weight excluding hydrogens is 516 g/mol. The highest BCUT2D eigenvalue weighted by Gasteiger charge is 2.18. The molecule has 0 spiro atoms. The highest BCUT2D eigenvalue weighted by Crippen LogP contribution is 2.38. The molecule has 2 aromatic carbocycles. The summed E-state index contributed by atoms with van der Waals surface area (Å²) in [5.74, 6) is 1.17. The summed E-state index contributed by atoms with van der Waals surface area (Å²) >= 11 is 4.26. The van der Waals surface area contributed by atoms with Crippen molar-refractivity contribution in [3.63, 3.8) is 0 Å². The first kappa shape index (κ1) is 24.5. The van der Waals surface area contributed by atoms with E-state index in [2.05, 4.69) is 26.1 Å². The predicted molar refractivity (Wildman–Crippen MR) is 126 cm³/mol. The summed E-state index contributed by atoms with van der Waals surface area (Å²) in [5.41, 5.74) is 1.17. The molecular formula is C22H21BrN2O7S. The normalized spacial score (nSPS) is 11.2. The Labute approximate surface area is 202 Å². The fraction of sp³-hybridized carbons (Fsp3) is 0.227. The van der Waals surface area contributed by atoms with E-state index in [1.165, 1.54) is 27.4 Å². The van der Waals surface area contributed by atoms with Crippen LogP contribution in [0.25, 0.3) is 17.5 Å². The zero-order chi connectivity index (χ0) is 24.0. The second-order valence-corrected chi connectivity index (χ2v) is 8.20. The molecule has 0 bridgehead atoms. The van der Waals surface area contributed by atoms with Crippen LogP contribution in [0.4, 0.5) is 0 Å². The van der Waals surface area contributed by atoms with Gasteiger partial charge in [0.15, 0.2) is 11.5 Å². The lowest BCUT2D eigenvalue weighted by Gasteiger charge is -2.12. The molecule has 0 saturated carbocycles. The monoisotopic (exact) mass is 536 g/mol. The number of methoxy groups -OCH3 is 3. The van der Waals surface area contributed by atoms with E-state index in [9.17, 15) is 9.90 Å². The van der Waals surface area contributed by atoms with E-state index >= 15 is 0 Å². The van der Waals surface area contributed by atoms with Crippen LogP contribution in [0.5, 0.6) is 23.0 Å². The van der Waals surface area contributed by atoms with E-state index in [0.29, 0.717) is 45.2 Å². The maximum atomic E-state index is 11.9. The number of hydrogen-bond acceptors (Lipinski definition) is 9. The molecule has 0 fully saturated rings. The molecule has 33 heavy (non-hydrogen) atoms. The first-order valence-electron chi connectivity index (χ1n) is 9.58. The van der Waals surface area contributed by atoms with Crippen molar-refractivity contribution in [1.82, 2.24) is 10.2 Å². The quantitative estimate of drug-likeness (QED) is 0.276. The Balaban J connectivity index is 1.91. The smallest absolute Gasteiger partial charge is 0.342 e. The molecule has 0 amide bonds. The van der Waals surface area contributed by atoms with Crippen LogP contribution in [0, 0.1) is 0 Å². The minimum absolute atomic E-state index is 0.0204. The van der Waals surface area contributed by atoms with E-state index in [4.69, 9.17) is 23.4 Å². The Morgan fingerprint density at radius 1 is 1.09 bits per heavy atom. The number of carboxylic acids is 1. The van der Waals surface area contributed by atoms with Crippen LogP contribution in [0.2, 0.25) is 0 Å². The van der Waals surface area contributed by atoms with Crippen molar-refractivity contribution < 1.29 is 33.3 Å². The molecule has 0 aliphatic heterocycles. The third-order valence-corrected chi connectivity index (χ3v) is 5.69. The van der Waals surface area contributed by atoms with Crippen molar-refractivity contribution in [2.75, 3.05) is 27.9 Å². The third-order valence-electron chi connectivity index (χ3n) is 4.25. The molecule has 0 saturated heterocycles. The SMILES string of the molecule is CCOc1cc(/C=C(\Sc2nnc(-c3cc(OC)cc(OC)c3)o2)C(=O)O)cc(Br)c1OC. The van der Waals surface area contributed by atoms with Gasteiger partial charge in [0.1, 0.15) is 16.4 Å². The maximum Gasteiger partial charge on any atom is 0.342 e. The molecule has 0 unspecified atom stereocenters. The van der Waals surface area contributed by atoms with E-state index in [1.54, 1.807) is 30.3 Å². The standard InChI is InChI=1S/C22H21BrN2O7S/c1-5-31-17-7-12(6-16(23)19(17)30-4)8-18(21(26)27)33-22-25-24-20(32-22)13-9-14(28-2)11-15(10-13)29-3/h6-11H,5H2,1-4H3,(H,26,27)/b18-8-. The molecule has 9 nitrogen and oxygen atoms in total. The van der Waals surface area contributed by atoms with Crippen molar-refractivity contribution in [1.29, 1.82) is 0 Å². The molecule has 1 N–H and O–H groups in total. The number of thioether (sulfide) groups is 1. The van der Waals surface area contributed by atoms with Crippen molar-refractivity contribution in [2.45, 2.75) is 12.1 Å². The van der Waals surface area contributed by atoms with Gasteiger partial charge in [-0.1, -0.05) is 0 Å². The van der Waals surface area contributed by atoms with Crippen molar-refractivity contribution >= 4 is 39.7 Å². The van der Waals surface area contributed by atoms with Gasteiger partial charge in [0.25, 0.3) is 5.22 Å². The number of benzene rings is 2. The minimum atomic E-state index is -1.15. The summed E-state index contributed by atoms with van der Waals surface area (Å²) in [6.45, 7) is 2.27. The first-order chi connectivity index (χ1) is 15.9. The molecule has 1 aromatic heterocycles. The van der Waals surface area contributed by atoms with Crippen molar-refractivity contribution in [2.24, 2.45) is 0 Å². The number of ether oxygens (including phenoxy) is 4. The molecule has 0 atom stereocenters. The first-order valence-corrected chi connectivity index (χ1v) is 11.2. The lowest BCUT2D eigenvalue weighted by atomic mass is 10.2. The molecule has 0 aliphatic rings. The fourth-order valence-electron chi connectivity index (χ4n) is 2.81. The Hall–Kier alpha value is -3.18. The van der Waals surface area contributed by atoms with Crippen LogP contribution >= 0.6 is 27.7 Å². The number of hydrogen-bond donors (Lipinski definition) is 1. The number of halogens is 1. The van der Waals surface area contributed by atoms with Gasteiger partial charge in [-0.3, -0.25) is 0 Å². The number of carbonyl (C=O) groups is 1. The highest BCUT2D eigenvalue weighted by molar-refractivity contribution is 9.10. The highest BCUT2D eigenvalue weighted by atomic mass is 79.9. The minimum Gasteiger partial charge on any atom is -0.497 e. The largest absolute Gasteiger partial charge is 0.497 e. The third kappa shape index (κ3) is 5.99. The van der Waals surface area contributed by atoms with Gasteiger partial charge in [0, 0.05) is 11.6 Å². The van der Waals surface area contributed by atoms with Crippen LogP contribution < -0.4 is 18.9 Å². The maximum absolute atomic E-state index is 11.9. The van der Waals surface area contributed by atoms with Crippen LogP contribution in [0.15, 0.2) is 49.3 Å². The Bertz CT molecular complexity index is 1160. The zero-order valence-corrected chi connectivity index (χ0v) is 20.7. The molecule has 3 rings (SSSR count). The number of nitrogens with zero attached hydrogens (tertiary/aromatic N) is 2. The van der Waals surface area contributed by atoms with Gasteiger partial charge < -0.3 is 28.5 Å². The van der Waals surface area contributed by atoms with Gasteiger partial charge in [-0.2, -0.15) is 0 Å².